The van der Waals surface area contributed by atoms with Gasteiger partial charge in [0, 0.05) is 13.1 Å². The van der Waals surface area contributed by atoms with Crippen LogP contribution in [0.25, 0.3) is 0 Å². The maximum Gasteiger partial charge on any atom is 0.102 e. The molecule has 0 amide bonds. The molecule has 0 spiro atoms. The second-order valence-electron chi connectivity index (χ2n) is 6.21. The van der Waals surface area contributed by atoms with Crippen LogP contribution in [-0.4, -0.2) is 109 Å². The van der Waals surface area contributed by atoms with Crippen LogP contribution in [0.3, 0.4) is 0 Å². The molecule has 0 aliphatic rings. The van der Waals surface area contributed by atoms with Crippen molar-refractivity contribution in [2.45, 2.75) is 0 Å². The van der Waals surface area contributed by atoms with Gasteiger partial charge in [0.2, 0.25) is 0 Å². The Morgan fingerprint density at radius 3 is 1.37 bits per heavy atom. The molecule has 0 aromatic heterocycles. The van der Waals surface area contributed by atoms with Crippen molar-refractivity contribution in [1.29, 1.82) is 0 Å². The number of hydrogen-bond acceptors (Lipinski definition) is 4. The van der Waals surface area contributed by atoms with Gasteiger partial charge in [-0.3, -0.25) is 0 Å². The average molecular weight is 276 g/mol. The summed E-state index contributed by atoms with van der Waals surface area (Å²) in [5.41, 5.74) is 0. The fourth-order valence-corrected chi connectivity index (χ4v) is 1.43. The Morgan fingerprint density at radius 1 is 0.684 bits per heavy atom. The Balaban J connectivity index is 3.46. The first-order valence-corrected chi connectivity index (χ1v) is 7.10. The van der Waals surface area contributed by atoms with Crippen molar-refractivity contribution in [3.05, 3.63) is 0 Å². The number of ether oxygens (including phenoxy) is 2. The van der Waals surface area contributed by atoms with Crippen molar-refractivity contribution in [3.8, 4) is 0 Å². The fraction of sp³-hybridized carbons (Fsp3) is 1.00. The van der Waals surface area contributed by atoms with E-state index in [9.17, 15) is 0 Å². The molecule has 0 unspecified atom stereocenters. The second-order valence-corrected chi connectivity index (χ2v) is 6.21. The van der Waals surface area contributed by atoms with Gasteiger partial charge >= 0.3 is 0 Å². The van der Waals surface area contributed by atoms with Crippen LogP contribution in [0.4, 0.5) is 0 Å². The minimum Gasteiger partial charge on any atom is -0.374 e. The standard InChI is InChI=1S/C14H34N3O2/c1-15(2)7-11-18-13-9-17(5,6)10-14-19-12-8-16(3)4/h7-14H2,1-6H3/q+1. The van der Waals surface area contributed by atoms with Crippen molar-refractivity contribution in [3.63, 3.8) is 0 Å². The SMILES string of the molecule is CN(C)CCOCC[N+](C)(C)CCOCCN(C)C. The highest BCUT2D eigenvalue weighted by atomic mass is 16.5. The summed E-state index contributed by atoms with van der Waals surface area (Å²) < 4.78 is 12.2. The van der Waals surface area contributed by atoms with E-state index in [-0.39, 0.29) is 0 Å². The van der Waals surface area contributed by atoms with Crippen LogP contribution in [-0.2, 0) is 9.47 Å². The van der Waals surface area contributed by atoms with E-state index in [1.54, 1.807) is 0 Å². The third kappa shape index (κ3) is 14.0. The van der Waals surface area contributed by atoms with Crippen LogP contribution >= 0.6 is 0 Å². The maximum absolute atomic E-state index is 5.63. The van der Waals surface area contributed by atoms with Crippen molar-refractivity contribution in [2.24, 2.45) is 0 Å². The minimum atomic E-state index is 0.812. The van der Waals surface area contributed by atoms with E-state index in [1.165, 1.54) is 0 Å². The van der Waals surface area contributed by atoms with E-state index in [0.717, 1.165) is 57.1 Å². The summed E-state index contributed by atoms with van der Waals surface area (Å²) in [5, 5.41) is 0. The zero-order valence-corrected chi connectivity index (χ0v) is 13.8. The zero-order chi connectivity index (χ0) is 14.7. The molecule has 19 heavy (non-hydrogen) atoms. The second kappa shape index (κ2) is 10.6. The van der Waals surface area contributed by atoms with Gasteiger partial charge in [0.1, 0.15) is 13.1 Å². The highest BCUT2D eigenvalue weighted by molar-refractivity contribution is 4.42. The quantitative estimate of drug-likeness (QED) is 0.376. The molecule has 0 bridgehead atoms. The summed E-state index contributed by atoms with van der Waals surface area (Å²) in [6, 6.07) is 0. The fourth-order valence-electron chi connectivity index (χ4n) is 1.43. The number of quaternary nitrogens is 1. The molecular weight excluding hydrogens is 242 g/mol. The van der Waals surface area contributed by atoms with Crippen LogP contribution in [0, 0.1) is 0 Å². The third-order valence-corrected chi connectivity index (χ3v) is 3.05. The van der Waals surface area contributed by atoms with Crippen molar-refractivity contribution >= 4 is 0 Å². The van der Waals surface area contributed by atoms with Gasteiger partial charge in [-0.1, -0.05) is 0 Å². The van der Waals surface area contributed by atoms with E-state index in [4.69, 9.17) is 9.47 Å². The van der Waals surface area contributed by atoms with Crippen molar-refractivity contribution in [1.82, 2.24) is 9.80 Å². The molecule has 0 aliphatic carbocycles. The van der Waals surface area contributed by atoms with E-state index in [2.05, 4.69) is 52.1 Å². The van der Waals surface area contributed by atoms with Crippen LogP contribution in [0.5, 0.6) is 0 Å². The van der Waals surface area contributed by atoms with Gasteiger partial charge in [-0.25, -0.2) is 0 Å². The molecule has 5 nitrogen and oxygen atoms in total. The lowest BCUT2D eigenvalue weighted by Crippen LogP contribution is -2.45. The molecule has 0 atom stereocenters. The van der Waals surface area contributed by atoms with Gasteiger partial charge in [-0.2, -0.15) is 0 Å². The first kappa shape index (κ1) is 18.8. The molecule has 0 rings (SSSR count). The Labute approximate surface area is 119 Å². The maximum atomic E-state index is 5.63. The highest BCUT2D eigenvalue weighted by Crippen LogP contribution is 1.97. The van der Waals surface area contributed by atoms with Crippen LogP contribution in [0.15, 0.2) is 0 Å². The number of hydrogen-bond donors (Lipinski definition) is 0. The van der Waals surface area contributed by atoms with Crippen LogP contribution in [0.1, 0.15) is 0 Å². The number of rotatable bonds is 12. The predicted octanol–water partition coefficient (Wildman–Crippen LogP) is 0.219. The molecule has 0 aromatic rings. The molecular formula is C14H34N3O2+. The van der Waals surface area contributed by atoms with E-state index in [0.29, 0.717) is 0 Å². The molecule has 0 saturated heterocycles. The van der Waals surface area contributed by atoms with Gasteiger partial charge < -0.3 is 23.8 Å². The molecule has 0 radical (unpaired) electrons. The van der Waals surface area contributed by atoms with Crippen LogP contribution in [0.2, 0.25) is 0 Å². The van der Waals surface area contributed by atoms with E-state index < -0.39 is 0 Å². The average Bonchev–Trinajstić information content (AvgIpc) is 2.27. The topological polar surface area (TPSA) is 24.9 Å². The lowest BCUT2D eigenvalue weighted by molar-refractivity contribution is -0.891. The Bertz CT molecular complexity index is 189. The molecule has 0 aromatic carbocycles. The first-order chi connectivity index (χ1) is 8.83. The molecule has 0 N–H and O–H groups in total. The number of likely N-dealkylation sites (N-methyl/N-ethyl adjacent to an activating group) is 3. The summed E-state index contributed by atoms with van der Waals surface area (Å²) in [7, 11) is 12.7. The van der Waals surface area contributed by atoms with Crippen molar-refractivity contribution < 1.29 is 14.0 Å². The van der Waals surface area contributed by atoms with Crippen LogP contribution < -0.4 is 0 Å². The highest BCUT2D eigenvalue weighted by Gasteiger charge is 2.14. The van der Waals surface area contributed by atoms with Gasteiger partial charge in [-0.15, -0.1) is 0 Å². The minimum absolute atomic E-state index is 0.812. The smallest absolute Gasteiger partial charge is 0.102 e. The number of nitrogens with zero attached hydrogens (tertiary/aromatic N) is 3. The molecule has 0 fully saturated rings. The molecule has 5 heteroatoms. The lowest BCUT2D eigenvalue weighted by atomic mass is 10.4. The Kier molecular flexibility index (Phi) is 10.5. The van der Waals surface area contributed by atoms with Crippen molar-refractivity contribution in [2.75, 3.05) is 94.9 Å². The zero-order valence-electron chi connectivity index (χ0n) is 13.8. The Morgan fingerprint density at radius 2 is 1.05 bits per heavy atom. The first-order valence-electron chi connectivity index (χ1n) is 7.10. The molecule has 116 valence electrons. The Hall–Kier alpha value is -0.200. The molecule has 0 heterocycles. The summed E-state index contributed by atoms with van der Waals surface area (Å²) in [6.45, 7) is 7.30. The van der Waals surface area contributed by atoms with E-state index >= 15 is 0 Å². The third-order valence-electron chi connectivity index (χ3n) is 3.05. The summed E-state index contributed by atoms with van der Waals surface area (Å²) in [4.78, 5) is 4.27. The van der Waals surface area contributed by atoms with Gasteiger partial charge in [0.05, 0.1) is 40.5 Å². The monoisotopic (exact) mass is 276 g/mol. The predicted molar refractivity (Wildman–Crippen MR) is 80.6 cm³/mol. The summed E-state index contributed by atoms with van der Waals surface area (Å²) in [6.07, 6.45) is 0. The summed E-state index contributed by atoms with van der Waals surface area (Å²) in [5.74, 6) is 0. The van der Waals surface area contributed by atoms with E-state index in [1.807, 2.05) is 0 Å². The molecule has 0 saturated carbocycles. The molecule has 0 aliphatic heterocycles. The van der Waals surface area contributed by atoms with Gasteiger partial charge in [-0.05, 0) is 28.2 Å². The van der Waals surface area contributed by atoms with Gasteiger partial charge in [0.25, 0.3) is 0 Å². The largest absolute Gasteiger partial charge is 0.374 e. The summed E-state index contributed by atoms with van der Waals surface area (Å²) >= 11 is 0. The normalized spacial score (nSPS) is 12.6. The lowest BCUT2D eigenvalue weighted by Gasteiger charge is -2.29. The van der Waals surface area contributed by atoms with Gasteiger partial charge in [0.15, 0.2) is 0 Å².